The molecule has 1 aliphatic rings. The first kappa shape index (κ1) is 22.2. The molecule has 1 rings (SSSR count). The second-order valence-corrected chi connectivity index (χ2v) is 9.11. The highest BCUT2D eigenvalue weighted by Gasteiger charge is 2.09. The first-order valence-electron chi connectivity index (χ1n) is 9.52. The van der Waals surface area contributed by atoms with Crippen molar-refractivity contribution in [2.75, 3.05) is 58.6 Å². The molecule has 0 amide bonds. The summed E-state index contributed by atoms with van der Waals surface area (Å²) in [4.78, 5) is 2.48. The zero-order chi connectivity index (χ0) is 17.5. The predicted octanol–water partition coefficient (Wildman–Crippen LogP) is 2.93. The van der Waals surface area contributed by atoms with Crippen LogP contribution in [0.4, 0.5) is 0 Å². The lowest BCUT2D eigenvalue weighted by molar-refractivity contribution is 0.322. The van der Waals surface area contributed by atoms with Crippen molar-refractivity contribution in [2.24, 2.45) is 0 Å². The Labute approximate surface area is 157 Å². The van der Waals surface area contributed by atoms with E-state index in [0.29, 0.717) is 0 Å². The molecule has 1 fully saturated rings. The van der Waals surface area contributed by atoms with Crippen molar-refractivity contribution in [3.8, 4) is 0 Å². The molecule has 0 spiro atoms. The number of rotatable bonds is 9. The second-order valence-electron chi connectivity index (χ2n) is 6.34. The number of hydrogen-bond donors (Lipinski definition) is 3. The quantitative estimate of drug-likeness (QED) is 0.426. The molecule has 1 atom stereocenters. The summed E-state index contributed by atoms with van der Waals surface area (Å²) < 4.78 is 0. The van der Waals surface area contributed by atoms with Gasteiger partial charge in [-0.2, -0.15) is 0 Å². The van der Waals surface area contributed by atoms with Crippen molar-refractivity contribution in [3.63, 3.8) is 0 Å². The minimum Gasteiger partial charge on any atom is -0.373 e. The van der Waals surface area contributed by atoms with Crippen LogP contribution in [0.25, 0.3) is 0 Å². The fourth-order valence-corrected chi connectivity index (χ4v) is 5.08. The third-order valence-corrected chi connectivity index (χ3v) is 6.88. The topological polar surface area (TPSA) is 39.3 Å². The van der Waals surface area contributed by atoms with Crippen LogP contribution in [0.15, 0.2) is 12.3 Å². The van der Waals surface area contributed by atoms with E-state index < -0.39 is 0 Å². The van der Waals surface area contributed by atoms with Gasteiger partial charge in [-0.3, -0.25) is 0 Å². The molecule has 0 aromatic heterocycles. The molecule has 3 N–H and O–H groups in total. The molecule has 142 valence electrons. The summed E-state index contributed by atoms with van der Waals surface area (Å²) in [7, 11) is 3.94. The molecule has 24 heavy (non-hydrogen) atoms. The van der Waals surface area contributed by atoms with Crippen LogP contribution in [0, 0.1) is 0 Å². The van der Waals surface area contributed by atoms with E-state index >= 15 is 0 Å². The SMILES string of the molecule is C=C(CCCCC(CC)SSC)N1CCNCCNCCNCC1. The molecule has 6 heteroatoms. The highest BCUT2D eigenvalue weighted by molar-refractivity contribution is 8.76. The largest absolute Gasteiger partial charge is 0.373 e. The highest BCUT2D eigenvalue weighted by atomic mass is 33.1. The number of unbranched alkanes of at least 4 members (excludes halogenated alkanes) is 1. The summed E-state index contributed by atoms with van der Waals surface area (Å²) in [6.07, 6.45) is 8.54. The normalized spacial score (nSPS) is 19.3. The zero-order valence-electron chi connectivity index (χ0n) is 15.7. The van der Waals surface area contributed by atoms with E-state index in [0.717, 1.165) is 64.0 Å². The van der Waals surface area contributed by atoms with Gasteiger partial charge in [0.2, 0.25) is 0 Å². The van der Waals surface area contributed by atoms with Gasteiger partial charge in [-0.25, -0.2) is 0 Å². The van der Waals surface area contributed by atoms with Crippen molar-refractivity contribution in [3.05, 3.63) is 12.3 Å². The summed E-state index contributed by atoms with van der Waals surface area (Å²) in [6, 6.07) is 0. The summed E-state index contributed by atoms with van der Waals surface area (Å²) in [6.45, 7) is 15.1. The fourth-order valence-electron chi connectivity index (χ4n) is 2.90. The lowest BCUT2D eigenvalue weighted by atomic mass is 10.1. The maximum atomic E-state index is 4.37. The molecule has 1 aliphatic heterocycles. The van der Waals surface area contributed by atoms with Crippen LogP contribution in [0.1, 0.15) is 39.0 Å². The molecule has 4 nitrogen and oxygen atoms in total. The zero-order valence-corrected chi connectivity index (χ0v) is 17.4. The number of hydrogen-bond acceptors (Lipinski definition) is 6. The van der Waals surface area contributed by atoms with Crippen molar-refractivity contribution in [1.82, 2.24) is 20.9 Å². The van der Waals surface area contributed by atoms with Crippen LogP contribution in [-0.4, -0.2) is 68.8 Å². The van der Waals surface area contributed by atoms with Gasteiger partial charge in [0.25, 0.3) is 0 Å². The molecule has 1 heterocycles. The molecule has 0 aliphatic carbocycles. The van der Waals surface area contributed by atoms with E-state index in [-0.39, 0.29) is 0 Å². The number of nitrogens with zero attached hydrogens (tertiary/aromatic N) is 1. The van der Waals surface area contributed by atoms with Gasteiger partial charge >= 0.3 is 0 Å². The summed E-state index contributed by atoms with van der Waals surface area (Å²) in [5.74, 6) is 0. The number of allylic oxidation sites excluding steroid dienone is 1. The standard InChI is InChI=1S/C18H38N4S2/c1-4-18(24-23-3)8-6-5-7-17(2)22-15-13-20-11-9-19-10-12-21-14-16-22/h18-21H,2,4-16H2,1,3H3. The van der Waals surface area contributed by atoms with Gasteiger partial charge in [0.05, 0.1) is 0 Å². The van der Waals surface area contributed by atoms with Crippen molar-refractivity contribution in [1.29, 1.82) is 0 Å². The average molecular weight is 375 g/mol. The minimum atomic E-state index is 0.817. The average Bonchev–Trinajstić information content (AvgIpc) is 2.58. The summed E-state index contributed by atoms with van der Waals surface area (Å²) in [5.41, 5.74) is 1.32. The van der Waals surface area contributed by atoms with Crippen LogP contribution in [0.5, 0.6) is 0 Å². The highest BCUT2D eigenvalue weighted by Crippen LogP contribution is 2.29. The minimum absolute atomic E-state index is 0.817. The predicted molar refractivity (Wildman–Crippen MR) is 113 cm³/mol. The van der Waals surface area contributed by atoms with Crippen molar-refractivity contribution in [2.45, 2.75) is 44.3 Å². The van der Waals surface area contributed by atoms with Crippen LogP contribution >= 0.6 is 21.6 Å². The van der Waals surface area contributed by atoms with Gasteiger partial charge in [-0.05, 0) is 31.9 Å². The summed E-state index contributed by atoms with van der Waals surface area (Å²) >= 11 is 0. The Bertz CT molecular complexity index is 303. The molecule has 0 bridgehead atoms. The van der Waals surface area contributed by atoms with E-state index in [1.165, 1.54) is 31.4 Å². The van der Waals surface area contributed by atoms with Gasteiger partial charge in [-0.15, -0.1) is 0 Å². The van der Waals surface area contributed by atoms with Crippen molar-refractivity contribution >= 4 is 21.6 Å². The Morgan fingerprint density at radius 1 is 1.00 bits per heavy atom. The molecular formula is C18H38N4S2. The Morgan fingerprint density at radius 2 is 1.58 bits per heavy atom. The van der Waals surface area contributed by atoms with Crippen LogP contribution in [0.2, 0.25) is 0 Å². The second kappa shape index (κ2) is 15.4. The Hall–Kier alpha value is 0.120. The van der Waals surface area contributed by atoms with Crippen LogP contribution < -0.4 is 16.0 Å². The lowest BCUT2D eigenvalue weighted by Crippen LogP contribution is -2.41. The van der Waals surface area contributed by atoms with Crippen molar-refractivity contribution < 1.29 is 0 Å². The Balaban J connectivity index is 2.25. The maximum absolute atomic E-state index is 4.37. The molecular weight excluding hydrogens is 336 g/mol. The van der Waals surface area contributed by atoms with Crippen LogP contribution in [0.3, 0.4) is 0 Å². The fraction of sp³-hybridized carbons (Fsp3) is 0.889. The van der Waals surface area contributed by atoms with E-state index in [1.54, 1.807) is 0 Å². The van der Waals surface area contributed by atoms with E-state index in [9.17, 15) is 0 Å². The van der Waals surface area contributed by atoms with Gasteiger partial charge in [0.1, 0.15) is 0 Å². The van der Waals surface area contributed by atoms with Crippen LogP contribution in [-0.2, 0) is 0 Å². The third-order valence-electron chi connectivity index (χ3n) is 4.45. The lowest BCUT2D eigenvalue weighted by Gasteiger charge is -2.28. The molecule has 0 saturated carbocycles. The molecule has 1 unspecified atom stereocenters. The smallest absolute Gasteiger partial charge is 0.0300 e. The van der Waals surface area contributed by atoms with Gasteiger partial charge in [0, 0.05) is 63.3 Å². The molecule has 1 saturated heterocycles. The molecule has 0 aromatic carbocycles. The monoisotopic (exact) mass is 374 g/mol. The maximum Gasteiger partial charge on any atom is 0.0300 e. The third kappa shape index (κ3) is 10.9. The molecule has 0 radical (unpaired) electrons. The van der Waals surface area contributed by atoms with Gasteiger partial charge in [0.15, 0.2) is 0 Å². The first-order valence-corrected chi connectivity index (χ1v) is 12.1. The first-order chi connectivity index (χ1) is 11.8. The summed E-state index contributed by atoms with van der Waals surface area (Å²) in [5, 5.41) is 11.3. The number of nitrogens with one attached hydrogen (secondary N) is 3. The van der Waals surface area contributed by atoms with Gasteiger partial charge in [-0.1, -0.05) is 41.5 Å². The van der Waals surface area contributed by atoms with E-state index in [4.69, 9.17) is 0 Å². The Kier molecular flexibility index (Phi) is 14.2. The molecule has 0 aromatic rings. The Morgan fingerprint density at radius 3 is 2.12 bits per heavy atom. The van der Waals surface area contributed by atoms with Gasteiger partial charge < -0.3 is 20.9 Å². The van der Waals surface area contributed by atoms with E-state index in [1.807, 2.05) is 21.6 Å². The van der Waals surface area contributed by atoms with E-state index in [2.05, 4.69) is 40.6 Å².